The van der Waals surface area contributed by atoms with Crippen molar-refractivity contribution in [2.45, 2.75) is 26.7 Å². The average Bonchev–Trinajstić information content (AvgIpc) is 2.82. The Bertz CT molecular complexity index is 399. The zero-order valence-corrected chi connectivity index (χ0v) is 9.62. The summed E-state index contributed by atoms with van der Waals surface area (Å²) in [5.41, 5.74) is 1.22. The summed E-state index contributed by atoms with van der Waals surface area (Å²) in [6.45, 7) is 5.09. The van der Waals surface area contributed by atoms with Gasteiger partial charge in [-0.2, -0.15) is 10.5 Å². The first-order valence-corrected chi connectivity index (χ1v) is 5.28. The number of hydrogen-bond acceptors (Lipinski definition) is 4. The maximum atomic E-state index is 9.98. The van der Waals surface area contributed by atoms with Gasteiger partial charge in [-0.15, -0.1) is 0 Å². The van der Waals surface area contributed by atoms with Gasteiger partial charge in [-0.1, -0.05) is 0 Å². The summed E-state index contributed by atoms with van der Waals surface area (Å²) >= 11 is 0. The highest BCUT2D eigenvalue weighted by atomic mass is 16.3. The van der Waals surface area contributed by atoms with Gasteiger partial charge in [-0.05, 0) is 32.3 Å². The van der Waals surface area contributed by atoms with E-state index in [4.69, 9.17) is 10.5 Å². The Hall–Kier alpha value is -1.94. The smallest absolute Gasteiger partial charge is 0.190 e. The van der Waals surface area contributed by atoms with E-state index in [1.54, 1.807) is 13.8 Å². The van der Waals surface area contributed by atoms with Crippen molar-refractivity contribution in [1.29, 1.82) is 10.5 Å². The van der Waals surface area contributed by atoms with Gasteiger partial charge >= 0.3 is 0 Å². The maximum Gasteiger partial charge on any atom is 0.190 e. The molecule has 84 valence electrons. The minimum atomic E-state index is 0.0586. The predicted molar refractivity (Wildman–Crippen MR) is 60.1 cm³/mol. The van der Waals surface area contributed by atoms with Crippen molar-refractivity contribution in [2.24, 2.45) is 0 Å². The van der Waals surface area contributed by atoms with Crippen LogP contribution in [0.1, 0.15) is 26.7 Å². The lowest BCUT2D eigenvalue weighted by molar-refractivity contribution is 0.228. The zero-order valence-electron chi connectivity index (χ0n) is 9.62. The van der Waals surface area contributed by atoms with E-state index in [0.717, 1.165) is 25.9 Å². The first-order chi connectivity index (χ1) is 7.61. The molecule has 0 aliphatic carbocycles. The monoisotopic (exact) mass is 217 g/mol. The zero-order chi connectivity index (χ0) is 12.1. The quantitative estimate of drug-likeness (QED) is 0.437. The molecule has 1 heterocycles. The molecule has 0 bridgehead atoms. The first kappa shape index (κ1) is 12.1. The summed E-state index contributed by atoms with van der Waals surface area (Å²) in [7, 11) is 0. The Morgan fingerprint density at radius 3 is 2.00 bits per heavy atom. The van der Waals surface area contributed by atoms with Crippen LogP contribution in [0, 0.1) is 22.7 Å². The van der Waals surface area contributed by atoms with E-state index in [0.29, 0.717) is 11.1 Å². The van der Waals surface area contributed by atoms with Crippen LogP contribution in [0.15, 0.2) is 22.6 Å². The third-order valence-electron chi connectivity index (χ3n) is 2.90. The Labute approximate surface area is 95.7 Å². The van der Waals surface area contributed by atoms with Crippen molar-refractivity contribution < 1.29 is 5.11 Å². The molecule has 1 aliphatic rings. The maximum absolute atomic E-state index is 9.98. The molecule has 0 atom stereocenters. The number of aliphatic hydroxyl groups excluding tert-OH is 1. The van der Waals surface area contributed by atoms with Crippen LogP contribution < -0.4 is 0 Å². The fraction of sp³-hybridized carbons (Fsp3) is 0.500. The number of nitrogens with zero attached hydrogens (tertiary/aromatic N) is 3. The second-order valence-electron chi connectivity index (χ2n) is 3.87. The molecule has 0 unspecified atom stereocenters. The highest BCUT2D eigenvalue weighted by molar-refractivity contribution is 5.47. The van der Waals surface area contributed by atoms with Crippen LogP contribution in [0.3, 0.4) is 0 Å². The van der Waals surface area contributed by atoms with Crippen LogP contribution in [0.25, 0.3) is 0 Å². The summed E-state index contributed by atoms with van der Waals surface area (Å²) in [6, 6.07) is 3.67. The average molecular weight is 217 g/mol. The molecule has 0 aromatic rings. The van der Waals surface area contributed by atoms with Gasteiger partial charge in [0.15, 0.2) is 5.88 Å². The van der Waals surface area contributed by atoms with Gasteiger partial charge in [-0.25, -0.2) is 0 Å². The summed E-state index contributed by atoms with van der Waals surface area (Å²) < 4.78 is 0. The number of likely N-dealkylation sites (tertiary alicyclic amines) is 1. The molecule has 0 radical (unpaired) electrons. The molecule has 4 heteroatoms. The van der Waals surface area contributed by atoms with E-state index in [1.165, 1.54) is 0 Å². The van der Waals surface area contributed by atoms with E-state index in [2.05, 4.69) is 0 Å². The van der Waals surface area contributed by atoms with Crippen molar-refractivity contribution >= 4 is 0 Å². The Kier molecular flexibility index (Phi) is 3.96. The minimum absolute atomic E-state index is 0.0586. The van der Waals surface area contributed by atoms with Gasteiger partial charge in [-0.3, -0.25) is 0 Å². The molecule has 4 nitrogen and oxygen atoms in total. The summed E-state index contributed by atoms with van der Waals surface area (Å²) in [5.74, 6) is 0.193. The molecule has 0 saturated carbocycles. The van der Waals surface area contributed by atoms with Crippen molar-refractivity contribution in [3.05, 3.63) is 22.6 Å². The lowest BCUT2D eigenvalue weighted by atomic mass is 10.0. The van der Waals surface area contributed by atoms with Crippen molar-refractivity contribution in [1.82, 2.24) is 4.90 Å². The normalized spacial score (nSPS) is 16.1. The molecule has 0 aromatic carbocycles. The third-order valence-corrected chi connectivity index (χ3v) is 2.90. The fourth-order valence-electron chi connectivity index (χ4n) is 1.71. The number of hydrogen-bond donors (Lipinski definition) is 1. The molecule has 1 rings (SSSR count). The number of rotatable bonds is 2. The topological polar surface area (TPSA) is 71.0 Å². The molecule has 1 aliphatic heterocycles. The van der Waals surface area contributed by atoms with Gasteiger partial charge in [0.25, 0.3) is 0 Å². The minimum Gasteiger partial charge on any atom is -0.494 e. The molecule has 0 aromatic heterocycles. The van der Waals surface area contributed by atoms with E-state index in [9.17, 15) is 5.11 Å². The van der Waals surface area contributed by atoms with Crippen LogP contribution in [-0.4, -0.2) is 23.1 Å². The molecular weight excluding hydrogens is 202 g/mol. The lowest BCUT2D eigenvalue weighted by Crippen LogP contribution is -2.19. The Morgan fingerprint density at radius 1 is 1.06 bits per heavy atom. The number of nitriles is 2. The summed E-state index contributed by atoms with van der Waals surface area (Å²) in [5, 5.41) is 27.5. The standard InChI is InChI=1S/C12H15N3O/c1-9(11(7-13)8-14)10(2)12(16)15-5-3-4-6-15/h16H,3-6H2,1-2H3/b12-10-. The van der Waals surface area contributed by atoms with Crippen molar-refractivity contribution in [3.8, 4) is 12.1 Å². The third kappa shape index (κ3) is 2.35. The van der Waals surface area contributed by atoms with Gasteiger partial charge in [0.2, 0.25) is 0 Å². The van der Waals surface area contributed by atoms with E-state index in [-0.39, 0.29) is 11.5 Å². The second-order valence-corrected chi connectivity index (χ2v) is 3.87. The van der Waals surface area contributed by atoms with E-state index in [1.807, 2.05) is 17.0 Å². The highest BCUT2D eigenvalue weighted by Crippen LogP contribution is 2.21. The first-order valence-electron chi connectivity index (χ1n) is 5.28. The number of allylic oxidation sites excluding steroid dienone is 3. The molecule has 1 fully saturated rings. The fourth-order valence-corrected chi connectivity index (χ4v) is 1.71. The van der Waals surface area contributed by atoms with Gasteiger partial charge in [0.1, 0.15) is 17.7 Å². The molecule has 1 saturated heterocycles. The lowest BCUT2D eigenvalue weighted by Gasteiger charge is -2.18. The van der Waals surface area contributed by atoms with E-state index < -0.39 is 0 Å². The van der Waals surface area contributed by atoms with Crippen LogP contribution in [0.2, 0.25) is 0 Å². The molecule has 1 N–H and O–H groups in total. The highest BCUT2D eigenvalue weighted by Gasteiger charge is 2.17. The molecular formula is C12H15N3O. The number of aliphatic hydroxyl groups is 1. The van der Waals surface area contributed by atoms with Gasteiger partial charge in [0.05, 0.1) is 0 Å². The van der Waals surface area contributed by atoms with Crippen molar-refractivity contribution in [2.75, 3.05) is 13.1 Å². The summed E-state index contributed by atoms with van der Waals surface area (Å²) in [4.78, 5) is 1.88. The SMILES string of the molecule is CC(=C(C#N)C#N)/C(C)=C(\O)N1CCCC1. The predicted octanol–water partition coefficient (Wildman–Crippen LogP) is 2.24. The van der Waals surface area contributed by atoms with Gasteiger partial charge in [0, 0.05) is 18.7 Å². The van der Waals surface area contributed by atoms with Gasteiger partial charge < -0.3 is 10.0 Å². The molecule has 0 spiro atoms. The van der Waals surface area contributed by atoms with Crippen molar-refractivity contribution in [3.63, 3.8) is 0 Å². The Morgan fingerprint density at radius 2 is 1.56 bits per heavy atom. The van der Waals surface area contributed by atoms with Crippen LogP contribution in [0.5, 0.6) is 0 Å². The Balaban J connectivity index is 3.04. The van der Waals surface area contributed by atoms with Crippen LogP contribution in [0.4, 0.5) is 0 Å². The van der Waals surface area contributed by atoms with Crippen LogP contribution in [-0.2, 0) is 0 Å². The molecule has 16 heavy (non-hydrogen) atoms. The second kappa shape index (κ2) is 5.23. The van der Waals surface area contributed by atoms with Crippen LogP contribution >= 0.6 is 0 Å². The van der Waals surface area contributed by atoms with E-state index >= 15 is 0 Å². The largest absolute Gasteiger partial charge is 0.494 e. The molecule has 0 amide bonds. The summed E-state index contributed by atoms with van der Waals surface area (Å²) in [6.07, 6.45) is 2.15.